The van der Waals surface area contributed by atoms with Crippen LogP contribution in [0.3, 0.4) is 0 Å². The van der Waals surface area contributed by atoms with E-state index in [9.17, 15) is 0 Å². The fourth-order valence-electron chi connectivity index (χ4n) is 4.97. The molecule has 0 heterocycles. The van der Waals surface area contributed by atoms with Crippen molar-refractivity contribution in [2.75, 3.05) is 13.2 Å². The first-order chi connectivity index (χ1) is 20.3. The molecular formula is C36H80NNaO5S. The van der Waals surface area contributed by atoms with E-state index >= 15 is 0 Å². The molecule has 0 aliphatic rings. The van der Waals surface area contributed by atoms with Gasteiger partial charge in [0.25, 0.3) is 0 Å². The van der Waals surface area contributed by atoms with Gasteiger partial charge in [0.2, 0.25) is 0 Å². The molecule has 0 aromatic heterocycles. The van der Waals surface area contributed by atoms with E-state index in [1.807, 2.05) is 0 Å². The Balaban J connectivity index is -0.000000222. The van der Waals surface area contributed by atoms with E-state index in [1.165, 1.54) is 186 Å². The molecule has 44 heavy (non-hydrogen) atoms. The third-order valence-electron chi connectivity index (χ3n) is 7.64. The first-order valence-corrected chi connectivity index (χ1v) is 19.8. The summed E-state index contributed by atoms with van der Waals surface area (Å²) >= 11 is 0. The maximum Gasteiger partial charge on any atom is 1.00 e. The molecule has 0 bridgehead atoms. The van der Waals surface area contributed by atoms with Crippen LogP contribution in [0, 0.1) is 6.92 Å². The molecule has 266 valence electrons. The summed E-state index contributed by atoms with van der Waals surface area (Å²) in [5.74, 6) is 0. The molecule has 0 saturated heterocycles. The van der Waals surface area contributed by atoms with Gasteiger partial charge >= 0.3 is 40.0 Å². The van der Waals surface area contributed by atoms with Crippen LogP contribution in [0.15, 0.2) is 0 Å². The molecular weight excluding hydrogens is 581 g/mol. The zero-order valence-electron chi connectivity index (χ0n) is 30.6. The van der Waals surface area contributed by atoms with Crippen LogP contribution < -0.4 is 35.7 Å². The molecule has 0 aromatic carbocycles. The predicted octanol–water partition coefficient (Wildman–Crippen LogP) is 10.1. The van der Waals surface area contributed by atoms with Crippen molar-refractivity contribution in [3.05, 3.63) is 6.92 Å². The van der Waals surface area contributed by atoms with Crippen LogP contribution in [0.2, 0.25) is 0 Å². The van der Waals surface area contributed by atoms with Crippen molar-refractivity contribution in [1.82, 2.24) is 6.15 Å². The molecule has 0 spiro atoms. The molecule has 0 atom stereocenters. The zero-order valence-corrected chi connectivity index (χ0v) is 33.4. The Morgan fingerprint density at radius 2 is 0.614 bits per heavy atom. The van der Waals surface area contributed by atoms with Crippen LogP contribution in [0.1, 0.15) is 213 Å². The van der Waals surface area contributed by atoms with E-state index in [0.717, 1.165) is 19.6 Å². The molecule has 0 aliphatic heterocycles. The van der Waals surface area contributed by atoms with Crippen LogP contribution >= 0.6 is 0 Å². The molecule has 0 fully saturated rings. The summed E-state index contributed by atoms with van der Waals surface area (Å²) in [7, 11) is -4.67. The summed E-state index contributed by atoms with van der Waals surface area (Å²) in [5, 5.41) is 0. The first kappa shape index (κ1) is 54.2. The second-order valence-electron chi connectivity index (χ2n) is 12.1. The van der Waals surface area contributed by atoms with Crippen molar-refractivity contribution in [3.8, 4) is 0 Å². The Morgan fingerprint density at radius 1 is 0.432 bits per heavy atom. The van der Waals surface area contributed by atoms with Gasteiger partial charge in [-0.1, -0.05) is 194 Å². The summed E-state index contributed by atoms with van der Waals surface area (Å²) in [4.78, 5) is 0. The Morgan fingerprint density at radius 3 is 0.818 bits per heavy atom. The van der Waals surface area contributed by atoms with Crippen molar-refractivity contribution in [2.45, 2.75) is 213 Å². The monoisotopic (exact) mass is 662 g/mol. The third-order valence-corrected chi connectivity index (χ3v) is 7.64. The van der Waals surface area contributed by atoms with E-state index in [0.29, 0.717) is 0 Å². The average molecular weight is 662 g/mol. The quantitative estimate of drug-likeness (QED) is 0.0294. The summed E-state index contributed by atoms with van der Waals surface area (Å²) in [6.07, 6.45) is 42.0. The van der Waals surface area contributed by atoms with Crippen LogP contribution in [-0.2, 0) is 15.1 Å². The molecule has 0 radical (unpaired) electrons. The molecule has 6 nitrogen and oxygen atoms in total. The van der Waals surface area contributed by atoms with Gasteiger partial charge in [0, 0.05) is 13.2 Å². The second-order valence-corrected chi connectivity index (χ2v) is 13.0. The Labute approximate surface area is 300 Å². The molecule has 0 saturated carbocycles. The number of hydrogen-bond donors (Lipinski definition) is 3. The van der Waals surface area contributed by atoms with E-state index in [-0.39, 0.29) is 35.7 Å². The summed E-state index contributed by atoms with van der Waals surface area (Å²) in [6.45, 7) is 12.7. The molecule has 0 amide bonds. The van der Waals surface area contributed by atoms with Gasteiger partial charge < -0.3 is 17.8 Å². The molecule has 0 aliphatic carbocycles. The minimum Gasteiger partial charge on any atom is -0.381 e. The minimum absolute atomic E-state index is 0. The second kappa shape index (κ2) is 50.6. The van der Waals surface area contributed by atoms with Gasteiger partial charge in [-0.3, -0.25) is 9.11 Å². The number of hydrogen-bond acceptors (Lipinski definition) is 4. The maximum atomic E-state index is 8.74. The number of ether oxygens (including phenoxy) is 1. The predicted molar refractivity (Wildman–Crippen MR) is 191 cm³/mol. The molecule has 5 N–H and O–H groups in total. The topological polar surface area (TPSA) is 119 Å². The molecule has 0 unspecified atom stereocenters. The standard InChI is InChI=1S/C24H50O.C12H25.H3N.Na.H2O4S/c1-3-5-7-9-11-13-15-17-19-21-23-25-24-22-20-18-16-14-12-10-8-6-4-2;1-3-5-7-9-11-12-10-8-6-4-2;;;1-5(2,3)4/h3-24H2,1-2H3;1,3-12H2,2H3;1H3;;(H2,1,2,3,4)/q;-1;;+1;. The normalized spacial score (nSPS) is 10.6. The minimum atomic E-state index is -4.67. The average Bonchev–Trinajstić information content (AvgIpc) is 2.95. The SMILES string of the molecule is CCCCCCCCCCCCOCCCCCCCCCCCC.N.O=S(=O)(O)O.[CH2-]CCCCCCCCCCC.[Na+]. The van der Waals surface area contributed by atoms with E-state index < -0.39 is 10.4 Å². The smallest absolute Gasteiger partial charge is 0.381 e. The molecule has 0 rings (SSSR count). The van der Waals surface area contributed by atoms with Crippen LogP contribution in [0.25, 0.3) is 0 Å². The summed E-state index contributed by atoms with van der Waals surface area (Å²) in [5.41, 5.74) is 0. The summed E-state index contributed by atoms with van der Waals surface area (Å²) in [6, 6.07) is 0. The van der Waals surface area contributed by atoms with Crippen molar-refractivity contribution in [2.24, 2.45) is 0 Å². The number of unbranched alkanes of at least 4 members (excludes halogenated alkanes) is 27. The fourth-order valence-corrected chi connectivity index (χ4v) is 4.97. The third kappa shape index (κ3) is 73.9. The van der Waals surface area contributed by atoms with Crippen molar-refractivity contribution >= 4 is 10.4 Å². The largest absolute Gasteiger partial charge is 1.00 e. The van der Waals surface area contributed by atoms with E-state index in [4.69, 9.17) is 22.3 Å². The fraction of sp³-hybridized carbons (Fsp3) is 0.972. The van der Waals surface area contributed by atoms with Gasteiger partial charge in [-0.15, -0.1) is 0 Å². The van der Waals surface area contributed by atoms with Gasteiger partial charge in [0.15, 0.2) is 0 Å². The van der Waals surface area contributed by atoms with Crippen molar-refractivity contribution < 1.29 is 51.8 Å². The van der Waals surface area contributed by atoms with Gasteiger partial charge in [-0.2, -0.15) is 14.8 Å². The van der Waals surface area contributed by atoms with Crippen molar-refractivity contribution in [3.63, 3.8) is 0 Å². The molecule has 0 aromatic rings. The van der Waals surface area contributed by atoms with Crippen LogP contribution in [-0.4, -0.2) is 30.7 Å². The Kier molecular flexibility index (Phi) is 62.4. The number of rotatable bonds is 31. The van der Waals surface area contributed by atoms with Gasteiger partial charge in [-0.05, 0) is 12.8 Å². The first-order valence-electron chi connectivity index (χ1n) is 18.4. The van der Waals surface area contributed by atoms with Gasteiger partial charge in [0.1, 0.15) is 0 Å². The summed E-state index contributed by atoms with van der Waals surface area (Å²) < 4.78 is 37.4. The van der Waals surface area contributed by atoms with Gasteiger partial charge in [0.05, 0.1) is 0 Å². The maximum absolute atomic E-state index is 8.74. The molecule has 8 heteroatoms. The Hall–Kier alpha value is 0.790. The van der Waals surface area contributed by atoms with E-state index in [2.05, 4.69) is 27.7 Å². The van der Waals surface area contributed by atoms with E-state index in [1.54, 1.807) is 0 Å². The van der Waals surface area contributed by atoms with Gasteiger partial charge in [-0.25, -0.2) is 0 Å². The zero-order chi connectivity index (χ0) is 31.8. The van der Waals surface area contributed by atoms with Crippen molar-refractivity contribution in [1.29, 1.82) is 0 Å². The Bertz CT molecular complexity index is 513. The van der Waals surface area contributed by atoms with Crippen LogP contribution in [0.4, 0.5) is 0 Å². The van der Waals surface area contributed by atoms with Crippen LogP contribution in [0.5, 0.6) is 0 Å².